The van der Waals surface area contributed by atoms with E-state index in [1.807, 2.05) is 11.4 Å². The van der Waals surface area contributed by atoms with Gasteiger partial charge in [-0.05, 0) is 73.8 Å². The van der Waals surface area contributed by atoms with Crippen LogP contribution in [0, 0.1) is 23.2 Å². The van der Waals surface area contributed by atoms with Crippen LogP contribution < -0.4 is 10.6 Å². The summed E-state index contributed by atoms with van der Waals surface area (Å²) in [4.78, 5) is 29.1. The highest BCUT2D eigenvalue weighted by atomic mass is 32.1. The molecule has 0 aromatic carbocycles. The molecule has 0 atom stereocenters. The van der Waals surface area contributed by atoms with E-state index in [9.17, 15) is 9.59 Å². The molecule has 4 saturated carbocycles. The molecule has 6 nitrogen and oxygen atoms in total. The number of amides is 2. The first-order valence-corrected chi connectivity index (χ1v) is 11.0. The molecule has 0 unspecified atom stereocenters. The topological polar surface area (TPSA) is 84.2 Å². The Morgan fingerprint density at radius 3 is 2.50 bits per heavy atom. The zero-order valence-corrected chi connectivity index (χ0v) is 16.6. The number of carbonyl (C=O) groups is 2. The molecule has 4 bridgehead atoms. The van der Waals surface area contributed by atoms with Gasteiger partial charge in [-0.3, -0.25) is 9.59 Å². The van der Waals surface area contributed by atoms with Crippen molar-refractivity contribution in [2.45, 2.75) is 44.9 Å². The third kappa shape index (κ3) is 3.60. The number of carbonyl (C=O) groups excluding carboxylic acids is 2. The lowest BCUT2D eigenvalue weighted by atomic mass is 9.49. The number of anilines is 1. The molecule has 4 fully saturated rings. The zero-order chi connectivity index (χ0) is 19.1. The van der Waals surface area contributed by atoms with Crippen LogP contribution in [0.3, 0.4) is 0 Å². The van der Waals surface area contributed by atoms with Crippen molar-refractivity contribution in [1.29, 1.82) is 0 Å². The standard InChI is InChI=1S/C21H25N3O3S/c25-18(10-21-7-13-4-14(8-21)6-15(5-13)9-21)22-11-19(26)24-20-23-16(12-28-20)17-2-1-3-27-17/h1-3,12-15H,4-11H2,(H,22,25)(H,23,24,26). The van der Waals surface area contributed by atoms with Gasteiger partial charge in [0.25, 0.3) is 0 Å². The molecule has 148 valence electrons. The van der Waals surface area contributed by atoms with Gasteiger partial charge in [0.1, 0.15) is 5.69 Å². The number of rotatable bonds is 6. The maximum Gasteiger partial charge on any atom is 0.245 e. The summed E-state index contributed by atoms with van der Waals surface area (Å²) in [6, 6.07) is 3.62. The van der Waals surface area contributed by atoms with Crippen LogP contribution in [0.25, 0.3) is 11.5 Å². The van der Waals surface area contributed by atoms with E-state index in [0.717, 1.165) is 17.8 Å². The highest BCUT2D eigenvalue weighted by molar-refractivity contribution is 7.14. The average Bonchev–Trinajstić information content (AvgIpc) is 3.29. The minimum Gasteiger partial charge on any atom is -0.463 e. The van der Waals surface area contributed by atoms with Crippen LogP contribution in [0.2, 0.25) is 0 Å². The monoisotopic (exact) mass is 399 g/mol. The highest BCUT2D eigenvalue weighted by Gasteiger charge is 2.51. The first-order valence-electron chi connectivity index (χ1n) is 10.1. The van der Waals surface area contributed by atoms with E-state index in [2.05, 4.69) is 15.6 Å². The maximum atomic E-state index is 12.5. The Hall–Kier alpha value is -2.15. The van der Waals surface area contributed by atoms with Crippen LogP contribution in [-0.4, -0.2) is 23.3 Å². The molecule has 2 amide bonds. The van der Waals surface area contributed by atoms with Gasteiger partial charge in [0.15, 0.2) is 10.9 Å². The maximum absolute atomic E-state index is 12.5. The predicted octanol–water partition coefficient (Wildman–Crippen LogP) is 4.06. The molecule has 4 aliphatic rings. The zero-order valence-electron chi connectivity index (χ0n) is 15.8. The lowest BCUT2D eigenvalue weighted by Gasteiger charge is -2.56. The van der Waals surface area contributed by atoms with Crippen LogP contribution in [0.1, 0.15) is 44.9 Å². The number of thiazole rings is 1. The van der Waals surface area contributed by atoms with Crippen molar-refractivity contribution in [3.05, 3.63) is 23.8 Å². The Kier molecular flexibility index (Phi) is 4.50. The Labute approximate surface area is 168 Å². The van der Waals surface area contributed by atoms with Crippen molar-refractivity contribution in [3.63, 3.8) is 0 Å². The van der Waals surface area contributed by atoms with Crippen LogP contribution in [0.5, 0.6) is 0 Å². The number of furan rings is 1. The Bertz CT molecular complexity index is 838. The molecule has 2 aromatic rings. The first kappa shape index (κ1) is 17.9. The van der Waals surface area contributed by atoms with Crippen molar-refractivity contribution >= 4 is 28.3 Å². The molecule has 0 saturated heterocycles. The number of nitrogens with zero attached hydrogens (tertiary/aromatic N) is 1. The van der Waals surface area contributed by atoms with Crippen molar-refractivity contribution < 1.29 is 14.0 Å². The summed E-state index contributed by atoms with van der Waals surface area (Å²) in [5, 5.41) is 7.91. The molecular weight excluding hydrogens is 374 g/mol. The summed E-state index contributed by atoms with van der Waals surface area (Å²) < 4.78 is 5.31. The minimum atomic E-state index is -0.251. The van der Waals surface area contributed by atoms with E-state index in [4.69, 9.17) is 4.42 Å². The van der Waals surface area contributed by atoms with E-state index in [-0.39, 0.29) is 23.8 Å². The third-order valence-electron chi connectivity index (χ3n) is 6.67. The quantitative estimate of drug-likeness (QED) is 0.767. The van der Waals surface area contributed by atoms with Gasteiger partial charge >= 0.3 is 0 Å². The highest BCUT2D eigenvalue weighted by Crippen LogP contribution is 2.61. The van der Waals surface area contributed by atoms with Crippen LogP contribution in [0.15, 0.2) is 28.2 Å². The minimum absolute atomic E-state index is 0.00696. The fraction of sp³-hybridized carbons (Fsp3) is 0.571. The van der Waals surface area contributed by atoms with E-state index in [1.54, 1.807) is 12.3 Å². The summed E-state index contributed by atoms with van der Waals surface area (Å²) in [5.41, 5.74) is 0.888. The van der Waals surface area contributed by atoms with Gasteiger partial charge in [-0.25, -0.2) is 4.98 Å². The number of aromatic nitrogens is 1. The number of nitrogens with one attached hydrogen (secondary N) is 2. The van der Waals surface area contributed by atoms with Gasteiger partial charge in [0.05, 0.1) is 12.8 Å². The Morgan fingerprint density at radius 2 is 1.86 bits per heavy atom. The fourth-order valence-electron chi connectivity index (χ4n) is 6.12. The second-order valence-electron chi connectivity index (χ2n) is 8.93. The van der Waals surface area contributed by atoms with Crippen molar-refractivity contribution in [3.8, 4) is 11.5 Å². The molecule has 2 N–H and O–H groups in total. The third-order valence-corrected chi connectivity index (χ3v) is 7.43. The molecule has 0 radical (unpaired) electrons. The van der Waals surface area contributed by atoms with Gasteiger partial charge in [0, 0.05) is 11.8 Å². The van der Waals surface area contributed by atoms with Gasteiger partial charge < -0.3 is 15.1 Å². The molecule has 6 rings (SSSR count). The smallest absolute Gasteiger partial charge is 0.245 e. The van der Waals surface area contributed by atoms with Crippen molar-refractivity contribution in [2.24, 2.45) is 23.2 Å². The largest absolute Gasteiger partial charge is 0.463 e. The van der Waals surface area contributed by atoms with E-state index < -0.39 is 0 Å². The lowest BCUT2D eigenvalue weighted by Crippen LogP contribution is -2.48. The van der Waals surface area contributed by atoms with Gasteiger partial charge in [0.2, 0.25) is 11.8 Å². The van der Waals surface area contributed by atoms with E-state index in [0.29, 0.717) is 23.0 Å². The molecule has 28 heavy (non-hydrogen) atoms. The van der Waals surface area contributed by atoms with Gasteiger partial charge in [-0.15, -0.1) is 11.3 Å². The molecular formula is C21H25N3O3S. The van der Waals surface area contributed by atoms with Crippen LogP contribution >= 0.6 is 11.3 Å². The summed E-state index contributed by atoms with van der Waals surface area (Å²) in [6.07, 6.45) is 9.88. The average molecular weight is 400 g/mol. The SMILES string of the molecule is O=C(CC12CC3CC(CC(C3)C1)C2)NCC(=O)Nc1nc(-c2ccco2)cs1. The molecule has 4 aliphatic carbocycles. The van der Waals surface area contributed by atoms with E-state index in [1.165, 1.54) is 49.9 Å². The summed E-state index contributed by atoms with van der Waals surface area (Å²) in [5.74, 6) is 2.91. The summed E-state index contributed by atoms with van der Waals surface area (Å²) >= 11 is 1.34. The normalized spacial score (nSPS) is 30.4. The lowest BCUT2D eigenvalue weighted by molar-refractivity contribution is -0.131. The Balaban J connectivity index is 1.12. The predicted molar refractivity (Wildman–Crippen MR) is 107 cm³/mol. The fourth-order valence-corrected chi connectivity index (χ4v) is 6.84. The van der Waals surface area contributed by atoms with Gasteiger partial charge in [-0.1, -0.05) is 0 Å². The molecule has 2 aromatic heterocycles. The molecule has 0 spiro atoms. The number of hydrogen-bond donors (Lipinski definition) is 2. The van der Waals surface area contributed by atoms with Gasteiger partial charge in [-0.2, -0.15) is 0 Å². The molecule has 2 heterocycles. The number of hydrogen-bond acceptors (Lipinski definition) is 5. The first-order chi connectivity index (χ1) is 13.6. The van der Waals surface area contributed by atoms with Crippen LogP contribution in [0.4, 0.5) is 5.13 Å². The van der Waals surface area contributed by atoms with Crippen molar-refractivity contribution in [1.82, 2.24) is 10.3 Å². The van der Waals surface area contributed by atoms with Crippen molar-refractivity contribution in [2.75, 3.05) is 11.9 Å². The van der Waals surface area contributed by atoms with Crippen LogP contribution in [-0.2, 0) is 9.59 Å². The Morgan fingerprint density at radius 1 is 1.14 bits per heavy atom. The molecule has 7 heteroatoms. The molecule has 0 aliphatic heterocycles. The second kappa shape index (κ2) is 7.03. The van der Waals surface area contributed by atoms with E-state index >= 15 is 0 Å². The second-order valence-corrected chi connectivity index (χ2v) is 9.79. The summed E-state index contributed by atoms with van der Waals surface area (Å²) in [7, 11) is 0. The summed E-state index contributed by atoms with van der Waals surface area (Å²) in [6.45, 7) is -0.0130.